The summed E-state index contributed by atoms with van der Waals surface area (Å²) in [5.41, 5.74) is 3.97. The van der Waals surface area contributed by atoms with Crippen molar-refractivity contribution in [3.05, 3.63) is 69.7 Å². The van der Waals surface area contributed by atoms with E-state index in [1.54, 1.807) is 22.7 Å². The van der Waals surface area contributed by atoms with Crippen molar-refractivity contribution in [2.45, 2.75) is 47.0 Å². The summed E-state index contributed by atoms with van der Waals surface area (Å²) in [7, 11) is 0. The Morgan fingerprint density at radius 3 is 1.46 bits per heavy atom. The Labute approximate surface area is 225 Å². The van der Waals surface area contributed by atoms with E-state index in [2.05, 4.69) is 26.5 Å². The van der Waals surface area contributed by atoms with Gasteiger partial charge in [0.15, 0.2) is 12.4 Å². The monoisotopic (exact) mass is 537 g/mol. The van der Waals surface area contributed by atoms with Crippen molar-refractivity contribution in [3.63, 3.8) is 0 Å². The van der Waals surface area contributed by atoms with Crippen LogP contribution in [-0.2, 0) is 14.2 Å². The van der Waals surface area contributed by atoms with Gasteiger partial charge in [0.2, 0.25) is 0 Å². The molecule has 0 spiro atoms. The molecule has 8 nitrogen and oxygen atoms in total. The molecule has 4 aromatic rings. The molecule has 0 bridgehead atoms. The summed E-state index contributed by atoms with van der Waals surface area (Å²) in [5, 5.41) is 29.0. The molecule has 194 valence electrons. The van der Waals surface area contributed by atoms with E-state index in [0.29, 0.717) is 19.8 Å². The fraction of sp³-hybridized carbons (Fsp3) is 0.370. The van der Waals surface area contributed by atoms with E-state index in [9.17, 15) is 0 Å². The second-order valence-corrected chi connectivity index (χ2v) is 10.1. The Bertz CT molecular complexity index is 1260. The molecule has 2 aromatic heterocycles. The van der Waals surface area contributed by atoms with Crippen LogP contribution in [0.4, 0.5) is 0 Å². The Kier molecular flexibility index (Phi) is 11.3. The van der Waals surface area contributed by atoms with Crippen LogP contribution in [0.15, 0.2) is 48.5 Å². The second-order valence-electron chi connectivity index (χ2n) is 7.70. The van der Waals surface area contributed by atoms with Crippen molar-refractivity contribution in [2.24, 2.45) is 0 Å². The smallest absolute Gasteiger partial charge is 0.183 e. The number of hydrogen-bond acceptors (Lipinski definition) is 10. The van der Waals surface area contributed by atoms with E-state index in [4.69, 9.17) is 19.5 Å². The predicted molar refractivity (Wildman–Crippen MR) is 146 cm³/mol. The molecule has 2 aromatic carbocycles. The largest absolute Gasteiger partial charge is 0.359 e. The Hall–Kier alpha value is -3.07. The van der Waals surface area contributed by atoms with Crippen molar-refractivity contribution in [2.75, 3.05) is 19.8 Å². The molecule has 4 rings (SSSR count). The molecule has 0 fully saturated rings. The molecule has 0 aliphatic rings. The number of aryl methyl sites for hydroxylation is 2. The lowest BCUT2D eigenvalue weighted by atomic mass is 10.1. The highest BCUT2D eigenvalue weighted by molar-refractivity contribution is 7.14. The molecule has 0 saturated heterocycles. The van der Waals surface area contributed by atoms with Crippen LogP contribution in [-0.4, -0.2) is 40.2 Å². The van der Waals surface area contributed by atoms with Crippen LogP contribution in [0.5, 0.6) is 0 Å². The number of ether oxygens (including phenoxy) is 3. The maximum absolute atomic E-state index is 9.00. The first-order chi connectivity index (χ1) is 18.0. The lowest BCUT2D eigenvalue weighted by Crippen LogP contribution is -2.08. The van der Waals surface area contributed by atoms with Crippen LogP contribution in [0.3, 0.4) is 0 Å². The van der Waals surface area contributed by atoms with Crippen LogP contribution >= 0.6 is 22.7 Å². The summed E-state index contributed by atoms with van der Waals surface area (Å²) in [5.74, 6) is 0. The molecule has 1 unspecified atom stereocenters. The molecule has 0 amide bonds. The maximum atomic E-state index is 9.00. The van der Waals surface area contributed by atoms with Crippen molar-refractivity contribution in [1.29, 1.82) is 5.26 Å². The maximum Gasteiger partial charge on any atom is 0.183 e. The van der Waals surface area contributed by atoms with Crippen LogP contribution < -0.4 is 0 Å². The molecule has 0 N–H and O–H groups in total. The van der Waals surface area contributed by atoms with Crippen LogP contribution in [0, 0.1) is 25.2 Å². The second kappa shape index (κ2) is 14.6. The van der Waals surface area contributed by atoms with E-state index in [0.717, 1.165) is 42.3 Å². The number of rotatable bonds is 10. The lowest BCUT2D eigenvalue weighted by Gasteiger charge is -2.17. The van der Waals surface area contributed by atoms with Crippen molar-refractivity contribution in [1.82, 2.24) is 20.4 Å². The average Bonchev–Trinajstić information content (AvgIpc) is 3.56. The first kappa shape index (κ1) is 28.5. The Balaban J connectivity index is 0.000000206. The van der Waals surface area contributed by atoms with Gasteiger partial charge in [-0.2, -0.15) is 5.26 Å². The molecule has 0 aliphatic heterocycles. The summed E-state index contributed by atoms with van der Waals surface area (Å²) in [4.78, 5) is 0. The van der Waals surface area contributed by atoms with Crippen LogP contribution in [0.2, 0.25) is 0 Å². The molecule has 0 saturated carbocycles. The summed E-state index contributed by atoms with van der Waals surface area (Å²) in [6.07, 6.45) is -0.791. The quantitative estimate of drug-likeness (QED) is 0.206. The molecule has 0 radical (unpaired) electrons. The van der Waals surface area contributed by atoms with Gasteiger partial charge in [-0.15, -0.1) is 20.4 Å². The third-order valence-electron chi connectivity index (χ3n) is 5.03. The molecule has 1 atom stereocenters. The highest BCUT2D eigenvalue weighted by Crippen LogP contribution is 2.27. The van der Waals surface area contributed by atoms with E-state index >= 15 is 0 Å². The third-order valence-corrected chi connectivity index (χ3v) is 6.80. The number of hydrogen-bond donors (Lipinski definition) is 0. The van der Waals surface area contributed by atoms with Gasteiger partial charge in [-0.25, -0.2) is 0 Å². The van der Waals surface area contributed by atoms with Crippen LogP contribution in [0.25, 0.3) is 21.1 Å². The van der Waals surface area contributed by atoms with Gasteiger partial charge >= 0.3 is 0 Å². The van der Waals surface area contributed by atoms with Gasteiger partial charge in [-0.1, -0.05) is 71.2 Å². The molecular weight excluding hydrogens is 506 g/mol. The van der Waals surface area contributed by atoms with Crippen molar-refractivity contribution < 1.29 is 14.2 Å². The fourth-order valence-corrected chi connectivity index (χ4v) is 4.72. The molecule has 0 aliphatic carbocycles. The Morgan fingerprint density at radius 2 is 1.11 bits per heavy atom. The molecule has 2 heterocycles. The molecule has 37 heavy (non-hydrogen) atoms. The number of benzene rings is 2. The van der Waals surface area contributed by atoms with Crippen LogP contribution in [0.1, 0.15) is 54.3 Å². The van der Waals surface area contributed by atoms with Gasteiger partial charge in [-0.05, 0) is 40.2 Å². The summed E-state index contributed by atoms with van der Waals surface area (Å²) in [6, 6.07) is 17.9. The zero-order chi connectivity index (χ0) is 26.6. The summed E-state index contributed by atoms with van der Waals surface area (Å²) in [6.45, 7) is 11.5. The van der Waals surface area contributed by atoms with Gasteiger partial charge in [-0.3, -0.25) is 0 Å². The minimum absolute atomic E-state index is 0.291. The predicted octanol–water partition coefficient (Wildman–Crippen LogP) is 6.70. The number of aromatic nitrogens is 4. The zero-order valence-corrected chi connectivity index (χ0v) is 23.3. The van der Waals surface area contributed by atoms with Gasteiger partial charge in [0, 0.05) is 36.5 Å². The van der Waals surface area contributed by atoms with Crippen molar-refractivity contribution in [3.8, 4) is 27.2 Å². The minimum atomic E-state index is -0.500. The van der Waals surface area contributed by atoms with Gasteiger partial charge in [0.05, 0.1) is 6.07 Å². The van der Waals surface area contributed by atoms with E-state index in [1.165, 1.54) is 0 Å². The van der Waals surface area contributed by atoms with Gasteiger partial charge in [0.25, 0.3) is 0 Å². The minimum Gasteiger partial charge on any atom is -0.359 e. The van der Waals surface area contributed by atoms with Gasteiger partial charge in [0.1, 0.15) is 20.0 Å². The van der Waals surface area contributed by atoms with E-state index in [1.807, 2.05) is 83.1 Å². The third kappa shape index (κ3) is 8.21. The summed E-state index contributed by atoms with van der Waals surface area (Å²) >= 11 is 3.14. The van der Waals surface area contributed by atoms with Crippen molar-refractivity contribution >= 4 is 22.7 Å². The highest BCUT2D eigenvalue weighted by Gasteiger charge is 2.13. The first-order valence-electron chi connectivity index (χ1n) is 12.0. The zero-order valence-electron chi connectivity index (χ0n) is 21.7. The van der Waals surface area contributed by atoms with Gasteiger partial charge < -0.3 is 14.2 Å². The highest BCUT2D eigenvalue weighted by atomic mass is 32.1. The normalized spacial score (nSPS) is 11.6. The first-order valence-corrected chi connectivity index (χ1v) is 13.7. The average molecular weight is 538 g/mol. The molecule has 10 heteroatoms. The van der Waals surface area contributed by atoms with E-state index < -0.39 is 6.10 Å². The Morgan fingerprint density at radius 1 is 0.676 bits per heavy atom. The molecular formula is C27H31N5O3S2. The topological polar surface area (TPSA) is 103 Å². The fourth-order valence-electron chi connectivity index (χ4n) is 3.33. The SMILES string of the molecule is CCOC(C#N)c1ccc(-c2nnc(C)s2)cc1.CCOC(OCC)c1ccc(-c2nnc(C)s2)cc1. The number of nitriles is 1. The standard InChI is InChI=1S/C14H18N2O2S.C13H13N3OS/c1-4-17-14(18-5-2)12-8-6-11(7-9-12)13-16-15-10(3)19-13;1-3-17-12(8-14)10-4-6-11(7-5-10)13-16-15-9(2)18-13/h6-9,14H,4-5H2,1-3H3;4-7,12H,3H2,1-2H3. The number of nitrogens with zero attached hydrogens (tertiary/aromatic N) is 5. The summed E-state index contributed by atoms with van der Waals surface area (Å²) < 4.78 is 16.5. The lowest BCUT2D eigenvalue weighted by molar-refractivity contribution is -0.140. The van der Waals surface area contributed by atoms with E-state index in [-0.39, 0.29) is 6.29 Å².